The Morgan fingerprint density at radius 2 is 2.35 bits per heavy atom. The normalized spacial score (nSPS) is 10.9. The Balaban J connectivity index is 1.91. The van der Waals surface area contributed by atoms with Crippen LogP contribution in [0.25, 0.3) is 0 Å². The van der Waals surface area contributed by atoms with Crippen LogP contribution < -0.4 is 5.43 Å². The van der Waals surface area contributed by atoms with Crippen LogP contribution in [-0.4, -0.2) is 12.1 Å². The number of carbonyl (C=O) groups is 1. The summed E-state index contributed by atoms with van der Waals surface area (Å²) < 4.78 is 0. The molecule has 2 heterocycles. The smallest absolute Gasteiger partial charge is 0.266 e. The van der Waals surface area contributed by atoms with Crippen LogP contribution in [0.3, 0.4) is 0 Å². The molecule has 0 saturated heterocycles. The summed E-state index contributed by atoms with van der Waals surface area (Å²) in [6.45, 7) is 2.12. The molecule has 0 aromatic carbocycles. The third-order valence-electron chi connectivity index (χ3n) is 2.13. The molecule has 2 aromatic heterocycles. The van der Waals surface area contributed by atoms with Gasteiger partial charge in [0.15, 0.2) is 0 Å². The Labute approximate surface area is 108 Å². The lowest BCUT2D eigenvalue weighted by Crippen LogP contribution is -2.15. The molecule has 5 heteroatoms. The van der Waals surface area contributed by atoms with Crippen molar-refractivity contribution in [1.82, 2.24) is 5.43 Å². The number of carbonyl (C=O) groups excluding carboxylic acids is 1. The van der Waals surface area contributed by atoms with Crippen molar-refractivity contribution in [3.63, 3.8) is 0 Å². The van der Waals surface area contributed by atoms with Gasteiger partial charge >= 0.3 is 0 Å². The number of nitrogens with one attached hydrogen (secondary N) is 1. The van der Waals surface area contributed by atoms with Gasteiger partial charge in [0.1, 0.15) is 0 Å². The molecule has 2 rings (SSSR count). The fourth-order valence-corrected chi connectivity index (χ4v) is 2.71. The average Bonchev–Trinajstić information content (AvgIpc) is 3.00. The first-order chi connectivity index (χ1) is 8.29. The quantitative estimate of drug-likeness (QED) is 0.669. The van der Waals surface area contributed by atoms with Crippen LogP contribution in [-0.2, 0) is 6.42 Å². The van der Waals surface area contributed by atoms with E-state index in [1.54, 1.807) is 23.6 Å². The van der Waals surface area contributed by atoms with Crippen molar-refractivity contribution in [3.8, 4) is 0 Å². The fraction of sp³-hybridized carbons (Fsp3) is 0.167. The van der Waals surface area contributed by atoms with Gasteiger partial charge in [0, 0.05) is 9.75 Å². The van der Waals surface area contributed by atoms with Crippen molar-refractivity contribution in [2.75, 3.05) is 0 Å². The van der Waals surface area contributed by atoms with Crippen molar-refractivity contribution in [2.24, 2.45) is 5.10 Å². The number of aryl methyl sites for hydroxylation is 1. The number of rotatable bonds is 4. The Morgan fingerprint density at radius 3 is 3.00 bits per heavy atom. The molecule has 0 aliphatic carbocycles. The molecule has 1 amide bonds. The van der Waals surface area contributed by atoms with Crippen LogP contribution in [0.5, 0.6) is 0 Å². The minimum absolute atomic E-state index is 0.163. The largest absolute Gasteiger partial charge is 0.281 e. The molecular formula is C12H12N2OS2. The zero-order chi connectivity index (χ0) is 12.1. The van der Waals surface area contributed by atoms with Gasteiger partial charge in [-0.2, -0.15) is 5.10 Å². The maximum atomic E-state index is 11.5. The van der Waals surface area contributed by atoms with E-state index in [1.807, 2.05) is 17.5 Å². The zero-order valence-electron chi connectivity index (χ0n) is 9.34. The molecule has 1 N–H and O–H groups in total. The van der Waals surface area contributed by atoms with E-state index in [0.29, 0.717) is 4.88 Å². The Morgan fingerprint density at radius 1 is 1.47 bits per heavy atom. The molecule has 2 aromatic rings. The summed E-state index contributed by atoms with van der Waals surface area (Å²) in [5.41, 5.74) is 2.51. The molecule has 0 bridgehead atoms. The topological polar surface area (TPSA) is 41.5 Å². The molecule has 0 aliphatic rings. The minimum atomic E-state index is -0.163. The second-order valence-electron chi connectivity index (χ2n) is 3.33. The van der Waals surface area contributed by atoms with Crippen LogP contribution in [0.1, 0.15) is 26.3 Å². The summed E-state index contributed by atoms with van der Waals surface area (Å²) in [5.74, 6) is -0.163. The monoisotopic (exact) mass is 264 g/mol. The second kappa shape index (κ2) is 5.75. The van der Waals surface area contributed by atoms with Crippen LogP contribution in [0.15, 0.2) is 34.7 Å². The maximum absolute atomic E-state index is 11.5. The van der Waals surface area contributed by atoms with Gasteiger partial charge < -0.3 is 0 Å². The van der Waals surface area contributed by atoms with E-state index in [2.05, 4.69) is 23.5 Å². The first kappa shape index (κ1) is 12.0. The molecule has 0 saturated carbocycles. The van der Waals surface area contributed by atoms with E-state index < -0.39 is 0 Å². The van der Waals surface area contributed by atoms with Crippen LogP contribution >= 0.6 is 22.7 Å². The highest BCUT2D eigenvalue weighted by Crippen LogP contribution is 2.14. The lowest BCUT2D eigenvalue weighted by molar-refractivity contribution is 0.0959. The molecule has 0 spiro atoms. The first-order valence-corrected chi connectivity index (χ1v) is 6.95. The maximum Gasteiger partial charge on any atom is 0.281 e. The van der Waals surface area contributed by atoms with Gasteiger partial charge in [-0.05, 0) is 30.0 Å². The number of nitrogens with zero attached hydrogens (tertiary/aromatic N) is 1. The summed E-state index contributed by atoms with van der Waals surface area (Å²) >= 11 is 3.09. The van der Waals surface area contributed by atoms with Gasteiger partial charge in [-0.3, -0.25) is 4.79 Å². The predicted molar refractivity (Wildman–Crippen MR) is 73.1 cm³/mol. The lowest BCUT2D eigenvalue weighted by atomic mass is 10.4. The van der Waals surface area contributed by atoms with Gasteiger partial charge in [-0.15, -0.1) is 22.7 Å². The van der Waals surface area contributed by atoms with E-state index in [0.717, 1.165) is 11.3 Å². The summed E-state index contributed by atoms with van der Waals surface area (Å²) in [5, 5.41) is 5.80. The van der Waals surface area contributed by atoms with Crippen molar-refractivity contribution in [1.29, 1.82) is 0 Å². The van der Waals surface area contributed by atoms with E-state index in [4.69, 9.17) is 0 Å². The molecule has 17 heavy (non-hydrogen) atoms. The first-order valence-electron chi connectivity index (χ1n) is 5.25. The Kier molecular flexibility index (Phi) is 4.06. The number of hydrogen-bond acceptors (Lipinski definition) is 4. The van der Waals surface area contributed by atoms with Crippen LogP contribution in [0.2, 0.25) is 0 Å². The molecular weight excluding hydrogens is 252 g/mol. The minimum Gasteiger partial charge on any atom is -0.266 e. The SMILES string of the molecule is CCc1ccc(/C=N/NC(=O)c2cccs2)s1. The van der Waals surface area contributed by atoms with E-state index >= 15 is 0 Å². The fourth-order valence-electron chi connectivity index (χ4n) is 1.27. The highest BCUT2D eigenvalue weighted by Gasteiger charge is 2.03. The van der Waals surface area contributed by atoms with Gasteiger partial charge in [0.25, 0.3) is 5.91 Å². The zero-order valence-corrected chi connectivity index (χ0v) is 11.0. The van der Waals surface area contributed by atoms with E-state index in [1.165, 1.54) is 16.2 Å². The summed E-state index contributed by atoms with van der Waals surface area (Å²) in [6.07, 6.45) is 2.70. The number of amides is 1. The van der Waals surface area contributed by atoms with Crippen LogP contribution in [0, 0.1) is 0 Å². The molecule has 3 nitrogen and oxygen atoms in total. The highest BCUT2D eigenvalue weighted by atomic mass is 32.1. The predicted octanol–water partition coefficient (Wildman–Crippen LogP) is 3.14. The molecule has 0 aliphatic heterocycles. The van der Waals surface area contributed by atoms with E-state index in [9.17, 15) is 4.79 Å². The summed E-state index contributed by atoms with van der Waals surface area (Å²) in [4.78, 5) is 14.6. The molecule has 0 radical (unpaired) electrons. The summed E-state index contributed by atoms with van der Waals surface area (Å²) in [6, 6.07) is 7.70. The third kappa shape index (κ3) is 3.25. The standard InChI is InChI=1S/C12H12N2OS2/c1-2-9-5-6-10(17-9)8-13-14-12(15)11-4-3-7-16-11/h3-8H,2H2,1H3,(H,14,15)/b13-8+. The van der Waals surface area contributed by atoms with Gasteiger partial charge in [0.05, 0.1) is 11.1 Å². The molecule has 0 atom stereocenters. The van der Waals surface area contributed by atoms with Crippen molar-refractivity contribution >= 4 is 34.8 Å². The van der Waals surface area contributed by atoms with Crippen molar-refractivity contribution in [2.45, 2.75) is 13.3 Å². The van der Waals surface area contributed by atoms with Gasteiger partial charge in [0.2, 0.25) is 0 Å². The number of hydrazone groups is 1. The lowest BCUT2D eigenvalue weighted by Gasteiger charge is -1.94. The third-order valence-corrected chi connectivity index (χ3v) is 4.17. The Bertz CT molecular complexity index is 514. The average molecular weight is 264 g/mol. The van der Waals surface area contributed by atoms with Crippen molar-refractivity contribution in [3.05, 3.63) is 44.3 Å². The Hall–Kier alpha value is -1.46. The van der Waals surface area contributed by atoms with Gasteiger partial charge in [-0.25, -0.2) is 5.43 Å². The molecule has 0 unspecified atom stereocenters. The van der Waals surface area contributed by atoms with Crippen molar-refractivity contribution < 1.29 is 4.79 Å². The number of hydrogen-bond donors (Lipinski definition) is 1. The molecule has 0 fully saturated rings. The molecule has 88 valence electrons. The van der Waals surface area contributed by atoms with E-state index in [-0.39, 0.29) is 5.91 Å². The van der Waals surface area contributed by atoms with Gasteiger partial charge in [-0.1, -0.05) is 13.0 Å². The highest BCUT2D eigenvalue weighted by molar-refractivity contribution is 7.13. The number of thiophene rings is 2. The summed E-state index contributed by atoms with van der Waals surface area (Å²) in [7, 11) is 0. The van der Waals surface area contributed by atoms with Crippen LogP contribution in [0.4, 0.5) is 0 Å². The second-order valence-corrected chi connectivity index (χ2v) is 5.48.